The van der Waals surface area contributed by atoms with Crippen LogP contribution in [-0.2, 0) is 16.5 Å². The molecule has 0 aromatic heterocycles. The Hall–Kier alpha value is -1.35. The van der Waals surface area contributed by atoms with Gasteiger partial charge in [-0.1, -0.05) is 24.1 Å². The van der Waals surface area contributed by atoms with Gasteiger partial charge in [-0.05, 0) is 18.7 Å². The number of nitrogens with two attached hydrogens (primary N) is 1. The monoisotopic (exact) mass is 237 g/mol. The Balaban J connectivity index is 3.02. The van der Waals surface area contributed by atoms with Gasteiger partial charge in [0.1, 0.15) is 9.92 Å². The van der Waals surface area contributed by atoms with Crippen LogP contribution in [0.4, 0.5) is 0 Å². The summed E-state index contributed by atoms with van der Waals surface area (Å²) in [5, 5.41) is 5.34. The number of rotatable bonds is 4. The summed E-state index contributed by atoms with van der Waals surface area (Å²) in [4.78, 5) is 2.27. The second-order valence-electron chi connectivity index (χ2n) is 3.58. The van der Waals surface area contributed by atoms with Crippen molar-refractivity contribution in [3.8, 4) is 12.3 Å². The number of hydrogen-bond acceptors (Lipinski definition) is 3. The van der Waals surface area contributed by atoms with E-state index in [1.165, 1.54) is 0 Å². The molecule has 1 aromatic rings. The van der Waals surface area contributed by atoms with E-state index < -0.39 is 9.92 Å². The molecule has 0 radical (unpaired) electrons. The zero-order valence-electron chi connectivity index (χ0n) is 9.14. The Morgan fingerprint density at radius 2 is 2.19 bits per heavy atom. The molecule has 86 valence electrons. The molecule has 0 aliphatic carbocycles. The lowest BCUT2D eigenvalue weighted by molar-refractivity contribution is 0.366. The van der Waals surface area contributed by atoms with Gasteiger partial charge in [-0.25, -0.2) is 14.1 Å². The molecule has 1 rings (SSSR count). The number of nitrogens with one attached hydrogen (secondary N) is 1. The first-order valence-electron chi connectivity index (χ1n) is 4.71. The molecule has 1 atom stereocenters. The molecule has 1 unspecified atom stereocenters. The molecule has 0 aliphatic rings. The zero-order valence-corrected chi connectivity index (χ0v) is 9.96. The van der Waals surface area contributed by atoms with Gasteiger partial charge in [0, 0.05) is 6.54 Å². The average Bonchev–Trinajstić information content (AvgIpc) is 2.17. The fourth-order valence-electron chi connectivity index (χ4n) is 1.43. The van der Waals surface area contributed by atoms with Gasteiger partial charge in [0.15, 0.2) is 0 Å². The second-order valence-corrected chi connectivity index (χ2v) is 5.23. The summed E-state index contributed by atoms with van der Waals surface area (Å²) in [6, 6.07) is 6.98. The van der Waals surface area contributed by atoms with Gasteiger partial charge in [-0.3, -0.25) is 4.90 Å². The van der Waals surface area contributed by atoms with Gasteiger partial charge >= 0.3 is 0 Å². The molecule has 3 N–H and O–H groups in total. The molecule has 4 nitrogen and oxygen atoms in total. The summed E-state index contributed by atoms with van der Waals surface area (Å²) < 4.78 is 18.9. The normalized spacial score (nSPS) is 14.4. The molecule has 5 heteroatoms. The number of terminal acetylenes is 1. The van der Waals surface area contributed by atoms with Crippen LogP contribution in [0, 0.1) is 17.1 Å². The molecular formula is C11H15N3OS. The molecule has 0 aliphatic heterocycles. The van der Waals surface area contributed by atoms with Gasteiger partial charge in [-0.15, -0.1) is 6.42 Å². The van der Waals surface area contributed by atoms with Crippen molar-refractivity contribution in [2.24, 2.45) is 5.14 Å². The highest BCUT2D eigenvalue weighted by Crippen LogP contribution is 2.15. The third kappa shape index (κ3) is 3.35. The number of hydrogen-bond donors (Lipinski definition) is 2. The molecule has 0 saturated heterocycles. The first-order chi connectivity index (χ1) is 7.45. The molecule has 0 bridgehead atoms. The molecule has 1 aromatic carbocycles. The lowest BCUT2D eigenvalue weighted by Gasteiger charge is -2.16. The summed E-state index contributed by atoms with van der Waals surface area (Å²) in [5.74, 6) is 2.52. The fourth-order valence-corrected chi connectivity index (χ4v) is 2.24. The van der Waals surface area contributed by atoms with Crippen molar-refractivity contribution in [3.05, 3.63) is 29.8 Å². The van der Waals surface area contributed by atoms with Crippen LogP contribution in [0.2, 0.25) is 0 Å². The highest BCUT2D eigenvalue weighted by molar-refractivity contribution is 7.90. The van der Waals surface area contributed by atoms with Gasteiger partial charge in [0.25, 0.3) is 0 Å². The quantitative estimate of drug-likeness (QED) is 0.768. The van der Waals surface area contributed by atoms with Crippen molar-refractivity contribution in [2.75, 3.05) is 13.6 Å². The maximum absolute atomic E-state index is 11.5. The maximum Gasteiger partial charge on any atom is 0.132 e. The third-order valence-corrected chi connectivity index (χ3v) is 3.15. The van der Waals surface area contributed by atoms with Crippen LogP contribution < -0.4 is 5.14 Å². The summed E-state index contributed by atoms with van der Waals surface area (Å²) in [7, 11) is -1.31. The first kappa shape index (κ1) is 12.7. The van der Waals surface area contributed by atoms with E-state index >= 15 is 0 Å². The zero-order chi connectivity index (χ0) is 12.2. The highest BCUT2D eigenvalue weighted by atomic mass is 32.2. The number of benzene rings is 1. The summed E-state index contributed by atoms with van der Waals surface area (Å²) in [5.41, 5.74) is 0.780. The Morgan fingerprint density at radius 3 is 2.75 bits per heavy atom. The van der Waals surface area contributed by atoms with Crippen LogP contribution in [0.1, 0.15) is 5.56 Å². The van der Waals surface area contributed by atoms with Gasteiger partial charge in [0.05, 0.1) is 11.4 Å². The maximum atomic E-state index is 11.5. The second kappa shape index (κ2) is 5.12. The summed E-state index contributed by atoms with van der Waals surface area (Å²) in [6.07, 6.45) is 5.20. The van der Waals surface area contributed by atoms with E-state index in [0.717, 1.165) is 5.56 Å². The van der Waals surface area contributed by atoms with Crippen LogP contribution in [0.3, 0.4) is 0 Å². The van der Waals surface area contributed by atoms with Crippen molar-refractivity contribution < 1.29 is 4.21 Å². The number of nitrogens with zero attached hydrogens (tertiary/aromatic N) is 1. The Kier molecular flexibility index (Phi) is 4.07. The molecule has 0 saturated carbocycles. The molecule has 0 heterocycles. The van der Waals surface area contributed by atoms with E-state index in [-0.39, 0.29) is 0 Å². The van der Waals surface area contributed by atoms with Gasteiger partial charge in [-0.2, -0.15) is 0 Å². The average molecular weight is 237 g/mol. The van der Waals surface area contributed by atoms with E-state index in [1.54, 1.807) is 12.1 Å². The van der Waals surface area contributed by atoms with Crippen molar-refractivity contribution in [3.63, 3.8) is 0 Å². The van der Waals surface area contributed by atoms with Crippen LogP contribution in [0.5, 0.6) is 0 Å². The SMILES string of the molecule is C#CCN(C)Cc1ccccc1S(=N)(N)=O. The van der Waals surface area contributed by atoms with E-state index in [4.69, 9.17) is 16.3 Å². The summed E-state index contributed by atoms with van der Waals surface area (Å²) >= 11 is 0. The Labute approximate surface area is 96.6 Å². The molecule has 0 amide bonds. The molecular weight excluding hydrogens is 222 g/mol. The standard InChI is InChI=1S/C11H15N3OS/c1-3-8-14(2)9-10-6-4-5-7-11(10)16(12,13)15/h1,4-7H,8-9H2,2H3,(H3,12,13,15). The van der Waals surface area contributed by atoms with Crippen molar-refractivity contribution in [1.82, 2.24) is 4.90 Å². The largest absolute Gasteiger partial charge is 0.291 e. The van der Waals surface area contributed by atoms with Crippen molar-refractivity contribution >= 4 is 9.92 Å². The Morgan fingerprint density at radius 1 is 1.56 bits per heavy atom. The lowest BCUT2D eigenvalue weighted by Crippen LogP contribution is -2.21. The Bertz CT molecular complexity index is 502. The summed E-state index contributed by atoms with van der Waals surface area (Å²) in [6.45, 7) is 1.03. The van der Waals surface area contributed by atoms with E-state index in [1.807, 2.05) is 24.1 Å². The van der Waals surface area contributed by atoms with Crippen LogP contribution in [0.15, 0.2) is 29.2 Å². The minimum atomic E-state index is -3.17. The van der Waals surface area contributed by atoms with E-state index in [0.29, 0.717) is 18.0 Å². The topological polar surface area (TPSA) is 70.2 Å². The molecule has 16 heavy (non-hydrogen) atoms. The van der Waals surface area contributed by atoms with Crippen LogP contribution in [-0.4, -0.2) is 22.7 Å². The minimum absolute atomic E-state index is 0.374. The lowest BCUT2D eigenvalue weighted by atomic mass is 10.2. The van der Waals surface area contributed by atoms with Crippen LogP contribution in [0.25, 0.3) is 0 Å². The van der Waals surface area contributed by atoms with Gasteiger partial charge < -0.3 is 0 Å². The van der Waals surface area contributed by atoms with E-state index in [2.05, 4.69) is 5.92 Å². The predicted molar refractivity (Wildman–Crippen MR) is 64.9 cm³/mol. The van der Waals surface area contributed by atoms with Gasteiger partial charge in [0.2, 0.25) is 0 Å². The third-order valence-electron chi connectivity index (χ3n) is 2.10. The molecule has 0 spiro atoms. The van der Waals surface area contributed by atoms with Crippen molar-refractivity contribution in [1.29, 1.82) is 4.78 Å². The van der Waals surface area contributed by atoms with E-state index in [9.17, 15) is 4.21 Å². The molecule has 0 fully saturated rings. The minimum Gasteiger partial charge on any atom is -0.291 e. The predicted octanol–water partition coefficient (Wildman–Crippen LogP) is 1.03. The smallest absolute Gasteiger partial charge is 0.132 e. The first-order valence-corrected chi connectivity index (χ1v) is 6.33. The van der Waals surface area contributed by atoms with Crippen molar-refractivity contribution in [2.45, 2.75) is 11.4 Å². The highest BCUT2D eigenvalue weighted by Gasteiger charge is 2.10. The van der Waals surface area contributed by atoms with Crippen LogP contribution >= 0.6 is 0 Å². The fraction of sp³-hybridized carbons (Fsp3) is 0.273.